The van der Waals surface area contributed by atoms with E-state index in [-0.39, 0.29) is 18.2 Å². The summed E-state index contributed by atoms with van der Waals surface area (Å²) in [4.78, 5) is 31.1. The molecular weight excluding hydrogens is 396 g/mol. The van der Waals surface area contributed by atoms with Crippen LogP contribution in [0.15, 0.2) is 47.6 Å². The summed E-state index contributed by atoms with van der Waals surface area (Å²) in [5.41, 5.74) is 3.48. The lowest BCUT2D eigenvalue weighted by Crippen LogP contribution is -2.31. The predicted molar refractivity (Wildman–Crippen MR) is 109 cm³/mol. The first kappa shape index (κ1) is 18.7. The second-order valence-corrected chi connectivity index (χ2v) is 8.30. The van der Waals surface area contributed by atoms with Gasteiger partial charge >= 0.3 is 0 Å². The number of H-pyrrole nitrogens is 1. The summed E-state index contributed by atoms with van der Waals surface area (Å²) in [6, 6.07) is 12.9. The molecule has 6 nitrogen and oxygen atoms in total. The van der Waals surface area contributed by atoms with Crippen molar-refractivity contribution >= 4 is 40.9 Å². The number of hydrogen-bond donors (Lipinski definition) is 1. The first-order valence-corrected chi connectivity index (χ1v) is 9.96. The maximum Gasteiger partial charge on any atom is 0.247 e. The van der Waals surface area contributed by atoms with E-state index in [1.807, 2.05) is 44.2 Å². The molecule has 0 spiro atoms. The number of aryl methyl sites for hydroxylation is 2. The van der Waals surface area contributed by atoms with Gasteiger partial charge < -0.3 is 0 Å². The van der Waals surface area contributed by atoms with Gasteiger partial charge in [-0.1, -0.05) is 29.4 Å². The van der Waals surface area contributed by atoms with Crippen LogP contribution in [0.4, 0.5) is 5.69 Å². The van der Waals surface area contributed by atoms with Gasteiger partial charge in [0.1, 0.15) is 5.25 Å². The van der Waals surface area contributed by atoms with E-state index in [9.17, 15) is 9.59 Å². The Hall–Kier alpha value is -2.64. The summed E-state index contributed by atoms with van der Waals surface area (Å²) in [6.45, 7) is 3.89. The zero-order valence-corrected chi connectivity index (χ0v) is 16.8. The van der Waals surface area contributed by atoms with Gasteiger partial charge in [0.2, 0.25) is 17.0 Å². The van der Waals surface area contributed by atoms with Crippen molar-refractivity contribution in [1.82, 2.24) is 15.2 Å². The highest BCUT2D eigenvalue weighted by molar-refractivity contribution is 8.00. The third-order valence-electron chi connectivity index (χ3n) is 4.40. The van der Waals surface area contributed by atoms with Crippen molar-refractivity contribution in [2.45, 2.75) is 30.7 Å². The van der Waals surface area contributed by atoms with Crippen molar-refractivity contribution in [1.29, 1.82) is 0 Å². The molecule has 0 unspecified atom stereocenters. The molecule has 28 heavy (non-hydrogen) atoms. The topological polar surface area (TPSA) is 79.0 Å². The molecule has 1 N–H and O–H groups in total. The van der Waals surface area contributed by atoms with Gasteiger partial charge in [-0.25, -0.2) is 9.88 Å². The van der Waals surface area contributed by atoms with Crippen LogP contribution in [-0.2, 0) is 9.59 Å². The summed E-state index contributed by atoms with van der Waals surface area (Å²) in [6.07, 6.45) is 0.126. The largest absolute Gasteiger partial charge is 0.274 e. The number of anilines is 1. The first-order valence-electron chi connectivity index (χ1n) is 8.71. The Morgan fingerprint density at radius 3 is 2.46 bits per heavy atom. The molecule has 1 atom stereocenters. The Balaban J connectivity index is 1.52. The van der Waals surface area contributed by atoms with Crippen LogP contribution in [0, 0.1) is 13.8 Å². The molecule has 1 saturated heterocycles. The van der Waals surface area contributed by atoms with E-state index in [0.29, 0.717) is 21.7 Å². The Morgan fingerprint density at radius 2 is 1.79 bits per heavy atom. The van der Waals surface area contributed by atoms with Gasteiger partial charge in [0.25, 0.3) is 0 Å². The standard InChI is InChI=1S/C20H17ClN4O2S/c1-11-7-12(2)9-15(8-11)25-17(26)10-16(19(25)27)28-20-22-18(23-24-20)13-3-5-14(21)6-4-13/h3-9,16H,10H2,1-2H3,(H,22,23,24)/t16-/m0/s1. The van der Waals surface area contributed by atoms with Gasteiger partial charge in [-0.05, 0) is 61.4 Å². The summed E-state index contributed by atoms with van der Waals surface area (Å²) >= 11 is 7.10. The van der Waals surface area contributed by atoms with E-state index in [2.05, 4.69) is 15.2 Å². The minimum atomic E-state index is -0.540. The highest BCUT2D eigenvalue weighted by Gasteiger charge is 2.41. The predicted octanol–water partition coefficient (Wildman–Crippen LogP) is 4.17. The third-order valence-corrected chi connectivity index (χ3v) is 5.70. The lowest BCUT2D eigenvalue weighted by molar-refractivity contribution is -0.121. The van der Waals surface area contributed by atoms with Crippen LogP contribution in [0.1, 0.15) is 17.5 Å². The molecule has 2 amide bonds. The summed E-state index contributed by atoms with van der Waals surface area (Å²) in [5, 5.41) is 7.57. The lowest BCUT2D eigenvalue weighted by atomic mass is 10.1. The number of carbonyl (C=O) groups excluding carboxylic acids is 2. The van der Waals surface area contributed by atoms with Crippen LogP contribution in [-0.4, -0.2) is 32.2 Å². The number of amides is 2. The van der Waals surface area contributed by atoms with Crippen LogP contribution < -0.4 is 4.90 Å². The van der Waals surface area contributed by atoms with Gasteiger partial charge in [-0.2, -0.15) is 0 Å². The summed E-state index contributed by atoms with van der Waals surface area (Å²) in [5.74, 6) is 0.140. The molecule has 0 saturated carbocycles. The Bertz CT molecular complexity index is 1040. The highest BCUT2D eigenvalue weighted by atomic mass is 35.5. The molecular formula is C20H17ClN4O2S. The van der Waals surface area contributed by atoms with E-state index in [0.717, 1.165) is 16.7 Å². The molecule has 4 rings (SSSR count). The molecule has 3 aromatic rings. The fourth-order valence-corrected chi connectivity index (χ4v) is 4.27. The number of benzene rings is 2. The fraction of sp³-hybridized carbons (Fsp3) is 0.200. The number of aromatic amines is 1. The second-order valence-electron chi connectivity index (χ2n) is 6.70. The third kappa shape index (κ3) is 3.68. The minimum absolute atomic E-state index is 0.126. The first-order chi connectivity index (χ1) is 13.4. The van der Waals surface area contributed by atoms with Gasteiger partial charge in [-0.3, -0.25) is 14.7 Å². The highest BCUT2D eigenvalue weighted by Crippen LogP contribution is 2.33. The molecule has 2 aromatic carbocycles. The molecule has 1 aliphatic rings. The van der Waals surface area contributed by atoms with Gasteiger partial charge in [0, 0.05) is 17.0 Å². The number of rotatable bonds is 4. The Morgan fingerprint density at radius 1 is 1.11 bits per heavy atom. The van der Waals surface area contributed by atoms with E-state index in [4.69, 9.17) is 11.6 Å². The average molecular weight is 413 g/mol. The van der Waals surface area contributed by atoms with Gasteiger partial charge in [0.05, 0.1) is 5.69 Å². The number of hydrogen-bond acceptors (Lipinski definition) is 5. The van der Waals surface area contributed by atoms with Crippen LogP contribution in [0.2, 0.25) is 5.02 Å². The van der Waals surface area contributed by atoms with Crippen LogP contribution in [0.5, 0.6) is 0 Å². The SMILES string of the molecule is Cc1cc(C)cc(N2C(=O)C[C@H](Sc3n[nH]c(-c4ccc(Cl)cc4)n3)C2=O)c1. The zero-order chi connectivity index (χ0) is 19.8. The van der Waals surface area contributed by atoms with Crippen molar-refractivity contribution < 1.29 is 9.59 Å². The van der Waals surface area contributed by atoms with E-state index in [1.165, 1.54) is 16.7 Å². The van der Waals surface area contributed by atoms with Crippen molar-refractivity contribution in [3.05, 3.63) is 58.6 Å². The van der Waals surface area contributed by atoms with Crippen LogP contribution in [0.3, 0.4) is 0 Å². The molecule has 142 valence electrons. The molecule has 2 heterocycles. The molecule has 0 bridgehead atoms. The Labute approximate surface area is 171 Å². The monoisotopic (exact) mass is 412 g/mol. The molecule has 1 aliphatic heterocycles. The van der Waals surface area contributed by atoms with Gasteiger partial charge in [0.15, 0.2) is 5.82 Å². The maximum absolute atomic E-state index is 12.9. The number of halogens is 1. The number of nitrogens with one attached hydrogen (secondary N) is 1. The van der Waals surface area contributed by atoms with E-state index < -0.39 is 5.25 Å². The van der Waals surface area contributed by atoms with Crippen LogP contribution >= 0.6 is 23.4 Å². The number of carbonyl (C=O) groups is 2. The Kier molecular flexibility index (Phi) is 4.95. The number of nitrogens with zero attached hydrogens (tertiary/aromatic N) is 3. The molecule has 0 radical (unpaired) electrons. The minimum Gasteiger partial charge on any atom is -0.274 e. The second kappa shape index (κ2) is 7.41. The average Bonchev–Trinajstić information content (AvgIpc) is 3.20. The van der Waals surface area contributed by atoms with Crippen molar-refractivity contribution in [2.24, 2.45) is 0 Å². The smallest absolute Gasteiger partial charge is 0.247 e. The van der Waals surface area contributed by atoms with E-state index in [1.54, 1.807) is 12.1 Å². The maximum atomic E-state index is 12.9. The number of aromatic nitrogens is 3. The van der Waals surface area contributed by atoms with Crippen molar-refractivity contribution in [2.75, 3.05) is 4.90 Å². The molecule has 8 heteroatoms. The molecule has 1 fully saturated rings. The van der Waals surface area contributed by atoms with Crippen molar-refractivity contribution in [3.8, 4) is 11.4 Å². The van der Waals surface area contributed by atoms with Crippen LogP contribution in [0.25, 0.3) is 11.4 Å². The zero-order valence-electron chi connectivity index (χ0n) is 15.3. The van der Waals surface area contributed by atoms with E-state index >= 15 is 0 Å². The van der Waals surface area contributed by atoms with Gasteiger partial charge in [-0.15, -0.1) is 5.10 Å². The summed E-state index contributed by atoms with van der Waals surface area (Å²) in [7, 11) is 0. The summed E-state index contributed by atoms with van der Waals surface area (Å²) < 4.78 is 0. The number of imide groups is 1. The lowest BCUT2D eigenvalue weighted by Gasteiger charge is -2.16. The molecule has 1 aromatic heterocycles. The number of thioether (sulfide) groups is 1. The van der Waals surface area contributed by atoms with Crippen molar-refractivity contribution in [3.63, 3.8) is 0 Å². The normalized spacial score (nSPS) is 16.8. The quantitative estimate of drug-likeness (QED) is 0.650. The fourth-order valence-electron chi connectivity index (χ4n) is 3.21. The molecule has 0 aliphatic carbocycles.